The van der Waals surface area contributed by atoms with Gasteiger partial charge in [0.05, 0.1) is 23.5 Å². The Hall–Kier alpha value is -3.02. The Morgan fingerprint density at radius 2 is 2.00 bits per heavy atom. The molecule has 1 aromatic carbocycles. The highest BCUT2D eigenvalue weighted by atomic mass is 16.2. The molecule has 0 radical (unpaired) electrons. The quantitative estimate of drug-likeness (QED) is 0.789. The number of H-pyrrole nitrogens is 1. The fourth-order valence-electron chi connectivity index (χ4n) is 3.70. The van der Waals surface area contributed by atoms with E-state index in [4.69, 9.17) is 0 Å². The van der Waals surface area contributed by atoms with Gasteiger partial charge in [-0.05, 0) is 37.0 Å². The lowest BCUT2D eigenvalue weighted by Gasteiger charge is -2.36. The SMILES string of the molecule is O=C(Cc1n[nH]c(=O)c2ccccc12)N1CCCC[C@@H]1c1cccnc1. The molecule has 1 aliphatic heterocycles. The molecule has 0 bridgehead atoms. The topological polar surface area (TPSA) is 79.0 Å². The summed E-state index contributed by atoms with van der Waals surface area (Å²) in [6, 6.07) is 11.3. The predicted molar refractivity (Wildman–Crippen MR) is 98.6 cm³/mol. The van der Waals surface area contributed by atoms with Gasteiger partial charge in [0.25, 0.3) is 5.56 Å². The Morgan fingerprint density at radius 1 is 1.15 bits per heavy atom. The highest BCUT2D eigenvalue weighted by Crippen LogP contribution is 2.31. The van der Waals surface area contributed by atoms with Gasteiger partial charge in [0, 0.05) is 24.3 Å². The second-order valence-electron chi connectivity index (χ2n) is 6.61. The first-order valence-electron chi connectivity index (χ1n) is 8.90. The number of nitrogens with zero attached hydrogens (tertiary/aromatic N) is 3. The predicted octanol–water partition coefficient (Wildman–Crippen LogP) is 2.61. The van der Waals surface area contributed by atoms with Crippen LogP contribution in [0, 0.1) is 0 Å². The first-order valence-corrected chi connectivity index (χ1v) is 8.90. The standard InChI is InChI=1S/C20H20N4O2/c25-19(12-17-15-7-1-2-8-16(15)20(26)23-22-17)24-11-4-3-9-18(24)14-6-5-10-21-13-14/h1-2,5-8,10,13,18H,3-4,9,11-12H2,(H,23,26)/t18-/m1/s1. The smallest absolute Gasteiger partial charge is 0.272 e. The van der Waals surface area contributed by atoms with Crippen molar-refractivity contribution >= 4 is 16.7 Å². The largest absolute Gasteiger partial charge is 0.335 e. The van der Waals surface area contributed by atoms with Gasteiger partial charge in [-0.15, -0.1) is 0 Å². The van der Waals surface area contributed by atoms with E-state index < -0.39 is 0 Å². The first-order chi connectivity index (χ1) is 12.7. The molecule has 6 heteroatoms. The molecule has 0 spiro atoms. The maximum atomic E-state index is 13.1. The van der Waals surface area contributed by atoms with Crippen molar-refractivity contribution in [3.63, 3.8) is 0 Å². The summed E-state index contributed by atoms with van der Waals surface area (Å²) >= 11 is 0. The molecule has 1 N–H and O–H groups in total. The molecular weight excluding hydrogens is 328 g/mol. The number of aromatic nitrogens is 3. The molecule has 1 saturated heterocycles. The summed E-state index contributed by atoms with van der Waals surface area (Å²) in [6.45, 7) is 0.736. The molecule has 26 heavy (non-hydrogen) atoms. The van der Waals surface area contributed by atoms with E-state index >= 15 is 0 Å². The van der Waals surface area contributed by atoms with Gasteiger partial charge in [-0.1, -0.05) is 24.3 Å². The minimum atomic E-state index is -0.233. The maximum Gasteiger partial charge on any atom is 0.272 e. The third kappa shape index (κ3) is 3.10. The van der Waals surface area contributed by atoms with E-state index in [1.807, 2.05) is 41.4 Å². The molecule has 0 saturated carbocycles. The lowest BCUT2D eigenvalue weighted by atomic mass is 9.95. The average molecular weight is 348 g/mol. The number of pyridine rings is 1. The number of hydrogen-bond acceptors (Lipinski definition) is 4. The van der Waals surface area contributed by atoms with Crippen molar-refractivity contribution in [3.8, 4) is 0 Å². The molecule has 132 valence electrons. The van der Waals surface area contributed by atoms with E-state index in [1.165, 1.54) is 0 Å². The van der Waals surface area contributed by atoms with Crippen molar-refractivity contribution in [1.29, 1.82) is 0 Å². The van der Waals surface area contributed by atoms with Crippen LogP contribution in [-0.2, 0) is 11.2 Å². The van der Waals surface area contributed by atoms with Gasteiger partial charge < -0.3 is 4.90 Å². The summed E-state index contributed by atoms with van der Waals surface area (Å²) in [4.78, 5) is 31.1. The van der Waals surface area contributed by atoms with E-state index in [0.29, 0.717) is 11.1 Å². The number of amides is 1. The minimum Gasteiger partial charge on any atom is -0.335 e. The zero-order valence-corrected chi connectivity index (χ0v) is 14.4. The number of benzene rings is 1. The lowest BCUT2D eigenvalue weighted by molar-refractivity contribution is -0.134. The van der Waals surface area contributed by atoms with Gasteiger partial charge in [-0.3, -0.25) is 14.6 Å². The van der Waals surface area contributed by atoms with Crippen molar-refractivity contribution in [1.82, 2.24) is 20.1 Å². The summed E-state index contributed by atoms with van der Waals surface area (Å²) < 4.78 is 0. The van der Waals surface area contributed by atoms with Crippen LogP contribution in [0.5, 0.6) is 0 Å². The maximum absolute atomic E-state index is 13.1. The van der Waals surface area contributed by atoms with Gasteiger partial charge in [0.2, 0.25) is 5.91 Å². The molecule has 4 rings (SSSR count). The van der Waals surface area contributed by atoms with E-state index in [9.17, 15) is 9.59 Å². The van der Waals surface area contributed by atoms with Crippen LogP contribution in [0.25, 0.3) is 10.8 Å². The second kappa shape index (κ2) is 7.07. The Morgan fingerprint density at radius 3 is 2.81 bits per heavy atom. The van der Waals surface area contributed by atoms with Gasteiger partial charge in [-0.2, -0.15) is 5.10 Å². The summed E-state index contributed by atoms with van der Waals surface area (Å²) in [6.07, 6.45) is 6.80. The van der Waals surface area contributed by atoms with Crippen molar-refractivity contribution < 1.29 is 4.79 Å². The van der Waals surface area contributed by atoms with Crippen LogP contribution in [0.4, 0.5) is 0 Å². The van der Waals surface area contributed by atoms with Crippen molar-refractivity contribution in [2.45, 2.75) is 31.7 Å². The highest BCUT2D eigenvalue weighted by Gasteiger charge is 2.28. The number of rotatable bonds is 3. The Labute approximate surface area is 150 Å². The molecule has 1 amide bonds. The van der Waals surface area contributed by atoms with Crippen LogP contribution in [0.3, 0.4) is 0 Å². The van der Waals surface area contributed by atoms with E-state index in [0.717, 1.165) is 36.8 Å². The van der Waals surface area contributed by atoms with E-state index in [1.54, 1.807) is 12.3 Å². The van der Waals surface area contributed by atoms with Crippen LogP contribution >= 0.6 is 0 Å². The normalized spacial score (nSPS) is 17.4. The van der Waals surface area contributed by atoms with Crippen LogP contribution in [-0.4, -0.2) is 32.5 Å². The summed E-state index contributed by atoms with van der Waals surface area (Å²) in [5.74, 6) is 0.0308. The van der Waals surface area contributed by atoms with Crippen LogP contribution in [0.2, 0.25) is 0 Å². The molecule has 0 unspecified atom stereocenters. The fraction of sp³-hybridized carbons (Fsp3) is 0.300. The van der Waals surface area contributed by atoms with Gasteiger partial charge in [0.1, 0.15) is 0 Å². The molecule has 2 aromatic heterocycles. The van der Waals surface area contributed by atoms with Crippen molar-refractivity contribution in [2.24, 2.45) is 0 Å². The van der Waals surface area contributed by atoms with Gasteiger partial charge >= 0.3 is 0 Å². The van der Waals surface area contributed by atoms with Crippen LogP contribution < -0.4 is 5.56 Å². The third-order valence-electron chi connectivity index (χ3n) is 4.99. The molecule has 1 atom stereocenters. The summed E-state index contributed by atoms with van der Waals surface area (Å²) in [7, 11) is 0. The first kappa shape index (κ1) is 16.4. The van der Waals surface area contributed by atoms with Gasteiger partial charge in [0.15, 0.2) is 0 Å². The molecular formula is C20H20N4O2. The molecule has 1 aliphatic rings. The summed E-state index contributed by atoms with van der Waals surface area (Å²) in [5, 5.41) is 7.95. The number of likely N-dealkylation sites (tertiary alicyclic amines) is 1. The van der Waals surface area contributed by atoms with Gasteiger partial charge in [-0.25, -0.2) is 5.10 Å². The highest BCUT2D eigenvalue weighted by molar-refractivity contribution is 5.88. The number of nitrogens with one attached hydrogen (secondary N) is 1. The number of aromatic amines is 1. The van der Waals surface area contributed by atoms with E-state index in [-0.39, 0.29) is 23.9 Å². The number of hydrogen-bond donors (Lipinski definition) is 1. The van der Waals surface area contributed by atoms with E-state index in [2.05, 4.69) is 15.2 Å². The third-order valence-corrected chi connectivity index (χ3v) is 4.99. The number of carbonyl (C=O) groups is 1. The van der Waals surface area contributed by atoms with Crippen LogP contribution in [0.15, 0.2) is 53.6 Å². The molecule has 3 aromatic rings. The minimum absolute atomic E-state index is 0.0308. The average Bonchev–Trinajstić information content (AvgIpc) is 2.71. The van der Waals surface area contributed by atoms with Crippen LogP contribution in [0.1, 0.15) is 36.6 Å². The molecule has 3 heterocycles. The Balaban J connectivity index is 1.63. The fourth-order valence-corrected chi connectivity index (χ4v) is 3.70. The van der Waals surface area contributed by atoms with Crippen molar-refractivity contribution in [2.75, 3.05) is 6.54 Å². The zero-order chi connectivity index (χ0) is 17.9. The number of carbonyl (C=O) groups excluding carboxylic acids is 1. The Bertz CT molecular complexity index is 984. The molecule has 6 nitrogen and oxygen atoms in total. The monoisotopic (exact) mass is 348 g/mol. The zero-order valence-electron chi connectivity index (χ0n) is 14.4. The second-order valence-corrected chi connectivity index (χ2v) is 6.61. The van der Waals surface area contributed by atoms with Crippen molar-refractivity contribution in [3.05, 3.63) is 70.4 Å². The summed E-state index contributed by atoms with van der Waals surface area (Å²) in [5.41, 5.74) is 1.45. The number of piperidine rings is 1. The lowest BCUT2D eigenvalue weighted by Crippen LogP contribution is -2.39. The Kier molecular flexibility index (Phi) is 4.48. The molecule has 1 fully saturated rings. The molecule has 0 aliphatic carbocycles. The number of fused-ring (bicyclic) bond motifs is 1.